The van der Waals surface area contributed by atoms with Gasteiger partial charge in [0.2, 0.25) is 0 Å². The van der Waals surface area contributed by atoms with Crippen molar-refractivity contribution in [2.45, 2.75) is 31.8 Å². The van der Waals surface area contributed by atoms with Gasteiger partial charge in [0.05, 0.1) is 48.1 Å². The number of imidazole rings is 2. The molecule has 0 unspecified atom stereocenters. The van der Waals surface area contributed by atoms with Gasteiger partial charge in [-0.2, -0.15) is 5.10 Å². The Balaban J connectivity index is 1.13. The summed E-state index contributed by atoms with van der Waals surface area (Å²) < 4.78 is 5.65. The largest absolute Gasteiger partial charge is 0.398 e. The van der Waals surface area contributed by atoms with E-state index in [0.717, 1.165) is 22.6 Å². The molecule has 160 valence electrons. The molecule has 0 aromatic carbocycles. The number of nitrogens with one attached hydrogen (secondary N) is 1. The van der Waals surface area contributed by atoms with Gasteiger partial charge < -0.3 is 19.9 Å². The Morgan fingerprint density at radius 1 is 1.09 bits per heavy atom. The van der Waals surface area contributed by atoms with Gasteiger partial charge in [-0.05, 0) is 42.5 Å². The van der Waals surface area contributed by atoms with Gasteiger partial charge in [-0.15, -0.1) is 0 Å². The number of aromatic nitrogens is 6. The highest BCUT2D eigenvalue weighted by Gasteiger charge is 2.23. The Labute approximate surface area is 183 Å². The number of hydrogen-bond acceptors (Lipinski definition) is 5. The summed E-state index contributed by atoms with van der Waals surface area (Å²) in [6.07, 6.45) is 13.5. The molecule has 1 saturated carbocycles. The molecule has 0 atom stereocenters. The average molecular weight is 426 g/mol. The van der Waals surface area contributed by atoms with Gasteiger partial charge in [0.25, 0.3) is 5.91 Å². The molecule has 5 aromatic rings. The van der Waals surface area contributed by atoms with Crippen LogP contribution in [-0.2, 0) is 13.1 Å². The van der Waals surface area contributed by atoms with E-state index in [1.54, 1.807) is 29.6 Å². The fraction of sp³-hybridized carbons (Fsp3) is 0.217. The second kappa shape index (κ2) is 7.23. The van der Waals surface area contributed by atoms with Crippen molar-refractivity contribution < 1.29 is 4.79 Å². The first kappa shape index (κ1) is 18.6. The van der Waals surface area contributed by atoms with Crippen LogP contribution >= 0.6 is 0 Å². The number of anilines is 1. The lowest BCUT2D eigenvalue weighted by atomic mass is 10.2. The summed E-state index contributed by atoms with van der Waals surface area (Å²) >= 11 is 0. The van der Waals surface area contributed by atoms with E-state index in [9.17, 15) is 4.79 Å². The molecule has 9 nitrogen and oxygen atoms in total. The number of carbonyl (C=O) groups is 1. The number of rotatable bonds is 6. The van der Waals surface area contributed by atoms with Gasteiger partial charge in [0, 0.05) is 30.5 Å². The van der Waals surface area contributed by atoms with E-state index in [4.69, 9.17) is 5.73 Å². The summed E-state index contributed by atoms with van der Waals surface area (Å²) in [5.74, 6) is 0.507. The highest BCUT2D eigenvalue weighted by atomic mass is 16.1. The number of fused-ring (bicyclic) bond motifs is 2. The molecule has 32 heavy (non-hydrogen) atoms. The minimum atomic E-state index is -0.197. The molecule has 5 heterocycles. The van der Waals surface area contributed by atoms with Crippen molar-refractivity contribution in [1.29, 1.82) is 0 Å². The van der Waals surface area contributed by atoms with Crippen LogP contribution in [0.15, 0.2) is 61.6 Å². The quantitative estimate of drug-likeness (QED) is 0.434. The van der Waals surface area contributed by atoms with Crippen molar-refractivity contribution in [3.05, 3.63) is 84.1 Å². The first-order valence-corrected chi connectivity index (χ1v) is 10.6. The topological polar surface area (TPSA) is 108 Å². The summed E-state index contributed by atoms with van der Waals surface area (Å²) in [5, 5.41) is 7.25. The molecule has 0 radical (unpaired) electrons. The number of hydrogen-bond donors (Lipinski definition) is 2. The molecular formula is C23H22N8O. The Morgan fingerprint density at radius 3 is 2.88 bits per heavy atom. The van der Waals surface area contributed by atoms with E-state index in [1.807, 2.05) is 22.7 Å². The minimum Gasteiger partial charge on any atom is -0.398 e. The van der Waals surface area contributed by atoms with Gasteiger partial charge in [-0.1, -0.05) is 6.07 Å². The standard InChI is InChI=1S/C23H22N8O/c24-18-4-5-21-20(26-14-30(21)11-18)8-25-23(32)17-7-27-31(10-17)13-19-12-29-9-16(15-1-2-15)3-6-22(29)28-19/h3-7,9-12,14-15H,1-2,8,13,24H2,(H,25,32). The normalized spacial score (nSPS) is 13.8. The van der Waals surface area contributed by atoms with Crippen LogP contribution in [0.1, 0.15) is 46.1 Å². The van der Waals surface area contributed by atoms with Crippen LogP contribution in [0.5, 0.6) is 0 Å². The molecule has 0 bridgehead atoms. The predicted octanol–water partition coefficient (Wildman–Crippen LogP) is 2.62. The first-order chi connectivity index (χ1) is 15.6. The third kappa shape index (κ3) is 3.47. The summed E-state index contributed by atoms with van der Waals surface area (Å²) in [6, 6.07) is 7.94. The Kier molecular flexibility index (Phi) is 4.20. The van der Waals surface area contributed by atoms with Crippen LogP contribution < -0.4 is 11.1 Å². The van der Waals surface area contributed by atoms with E-state index in [1.165, 1.54) is 18.4 Å². The zero-order chi connectivity index (χ0) is 21.7. The highest BCUT2D eigenvalue weighted by Crippen LogP contribution is 2.39. The van der Waals surface area contributed by atoms with Gasteiger partial charge >= 0.3 is 0 Å². The fourth-order valence-electron chi connectivity index (χ4n) is 4.00. The maximum atomic E-state index is 12.6. The van der Waals surface area contributed by atoms with E-state index < -0.39 is 0 Å². The zero-order valence-electron chi connectivity index (χ0n) is 17.3. The molecule has 1 amide bonds. The Morgan fingerprint density at radius 2 is 2.00 bits per heavy atom. The molecular weight excluding hydrogens is 404 g/mol. The van der Waals surface area contributed by atoms with Crippen molar-refractivity contribution in [3.8, 4) is 0 Å². The first-order valence-electron chi connectivity index (χ1n) is 10.6. The fourth-order valence-corrected chi connectivity index (χ4v) is 4.00. The SMILES string of the molecule is Nc1ccc2c(CNC(=O)c3cnn(Cc4cn5cc(C6CC6)ccc5n4)c3)ncn2c1. The second-order valence-electron chi connectivity index (χ2n) is 8.29. The number of pyridine rings is 2. The lowest BCUT2D eigenvalue weighted by Crippen LogP contribution is -2.22. The van der Waals surface area contributed by atoms with Crippen LogP contribution in [-0.4, -0.2) is 34.5 Å². The number of carbonyl (C=O) groups excluding carboxylic acids is 1. The van der Waals surface area contributed by atoms with E-state index in [-0.39, 0.29) is 5.91 Å². The van der Waals surface area contributed by atoms with Crippen molar-refractivity contribution in [2.75, 3.05) is 5.73 Å². The Bertz CT molecular complexity index is 1460. The van der Waals surface area contributed by atoms with E-state index in [2.05, 4.69) is 43.1 Å². The lowest BCUT2D eigenvalue weighted by molar-refractivity contribution is 0.0950. The molecule has 0 saturated heterocycles. The number of amides is 1. The van der Waals surface area contributed by atoms with Crippen molar-refractivity contribution >= 4 is 22.8 Å². The molecule has 5 aromatic heterocycles. The zero-order valence-corrected chi connectivity index (χ0v) is 17.3. The van der Waals surface area contributed by atoms with Gasteiger partial charge in [-0.25, -0.2) is 9.97 Å². The summed E-state index contributed by atoms with van der Waals surface area (Å²) in [7, 11) is 0. The average Bonchev–Trinajstić information content (AvgIpc) is 3.21. The predicted molar refractivity (Wildman–Crippen MR) is 119 cm³/mol. The van der Waals surface area contributed by atoms with Crippen LogP contribution in [0.4, 0.5) is 5.69 Å². The maximum absolute atomic E-state index is 12.6. The Hall–Kier alpha value is -4.14. The summed E-state index contributed by atoms with van der Waals surface area (Å²) in [5.41, 5.74) is 11.8. The van der Waals surface area contributed by atoms with Gasteiger partial charge in [-0.3, -0.25) is 9.48 Å². The van der Waals surface area contributed by atoms with E-state index >= 15 is 0 Å². The summed E-state index contributed by atoms with van der Waals surface area (Å²) in [6.45, 7) is 0.820. The van der Waals surface area contributed by atoms with Crippen molar-refractivity contribution in [2.24, 2.45) is 0 Å². The number of nitrogens with two attached hydrogens (primary N) is 1. The third-order valence-corrected chi connectivity index (χ3v) is 5.84. The van der Waals surface area contributed by atoms with Crippen LogP contribution in [0.3, 0.4) is 0 Å². The summed E-state index contributed by atoms with van der Waals surface area (Å²) in [4.78, 5) is 21.6. The minimum absolute atomic E-state index is 0.197. The van der Waals surface area contributed by atoms with E-state index in [0.29, 0.717) is 30.3 Å². The molecule has 9 heteroatoms. The highest BCUT2D eigenvalue weighted by molar-refractivity contribution is 5.93. The molecule has 0 aliphatic heterocycles. The smallest absolute Gasteiger partial charge is 0.254 e. The van der Waals surface area contributed by atoms with Crippen molar-refractivity contribution in [1.82, 2.24) is 33.9 Å². The number of nitrogen functional groups attached to an aromatic ring is 1. The molecule has 3 N–H and O–H groups in total. The molecule has 1 fully saturated rings. The molecule has 6 rings (SSSR count). The maximum Gasteiger partial charge on any atom is 0.254 e. The van der Waals surface area contributed by atoms with Crippen molar-refractivity contribution in [3.63, 3.8) is 0 Å². The number of nitrogens with zero attached hydrogens (tertiary/aromatic N) is 6. The van der Waals surface area contributed by atoms with Crippen LogP contribution in [0.2, 0.25) is 0 Å². The monoisotopic (exact) mass is 426 g/mol. The molecule has 1 aliphatic carbocycles. The van der Waals surface area contributed by atoms with Crippen LogP contribution in [0.25, 0.3) is 11.2 Å². The van der Waals surface area contributed by atoms with Crippen LogP contribution in [0, 0.1) is 0 Å². The molecule has 0 spiro atoms. The molecule has 1 aliphatic rings. The van der Waals surface area contributed by atoms with Gasteiger partial charge in [0.1, 0.15) is 5.65 Å². The van der Waals surface area contributed by atoms with Gasteiger partial charge in [0.15, 0.2) is 0 Å². The lowest BCUT2D eigenvalue weighted by Gasteiger charge is -2.02. The third-order valence-electron chi connectivity index (χ3n) is 5.84. The second-order valence-corrected chi connectivity index (χ2v) is 8.29.